The standard InChI is InChI=1S/C49H57N13O10/c1-28(2)38(25-71-72-26-50)46(64)60-22-37(61-20-35(55-57-61)24-70-27-63)17-43(60)45-52-19-40(53-45)33-13-11-31(12-14-33)30-7-9-32(10-8-30)34-15-39(51-18-34)42-16-36(62-23-41(56-58-62)48(66)68-5)21-59(42)47(65)44(29(3)4)54-49(67)69-6/h7-14,18-20,23,26-29,36-38,42-44,50H,15-17,21-22,24-25H2,1-6H3,(H,52,53)(H,54,67)/t36-,37-,38?,42+,43+,44+/m1/s1. The summed E-state index contributed by atoms with van der Waals surface area (Å²) in [6, 6.07) is 14.0. The molecular formula is C49H57N13O10. The van der Waals surface area contributed by atoms with E-state index in [1.165, 1.54) is 20.4 Å². The van der Waals surface area contributed by atoms with Crippen LogP contribution in [-0.4, -0.2) is 138 Å². The lowest BCUT2D eigenvalue weighted by Gasteiger charge is -2.31. The van der Waals surface area contributed by atoms with Crippen LogP contribution < -0.4 is 5.32 Å². The van der Waals surface area contributed by atoms with Gasteiger partial charge in [0, 0.05) is 31.4 Å². The molecular weight excluding hydrogens is 931 g/mol. The molecule has 3 aromatic heterocycles. The van der Waals surface area contributed by atoms with E-state index < -0.39 is 36.1 Å². The Bertz CT molecular complexity index is 2820. The van der Waals surface area contributed by atoms with Gasteiger partial charge < -0.3 is 39.2 Å². The molecule has 8 rings (SSSR count). The second-order valence-corrected chi connectivity index (χ2v) is 18.5. The Morgan fingerprint density at radius 1 is 0.819 bits per heavy atom. The van der Waals surface area contributed by atoms with E-state index in [0.717, 1.165) is 39.2 Å². The zero-order chi connectivity index (χ0) is 51.1. The number of esters is 1. The average Bonchev–Trinajstić information content (AvgIpc) is 4.25. The van der Waals surface area contributed by atoms with Gasteiger partial charge in [-0.05, 0) is 52.5 Å². The highest BCUT2D eigenvalue weighted by Gasteiger charge is 2.45. The molecule has 3 aliphatic rings. The molecule has 6 heterocycles. The van der Waals surface area contributed by atoms with E-state index >= 15 is 0 Å². The molecule has 2 fully saturated rings. The Kier molecular flexibility index (Phi) is 15.6. The Morgan fingerprint density at radius 2 is 1.46 bits per heavy atom. The highest BCUT2D eigenvalue weighted by Crippen LogP contribution is 2.40. The molecule has 3 aliphatic heterocycles. The number of alkyl carbamates (subject to hydrolysis) is 1. The monoisotopic (exact) mass is 987 g/mol. The number of carbonyl (C=O) groups excluding carboxylic acids is 5. The van der Waals surface area contributed by atoms with Crippen molar-refractivity contribution in [2.24, 2.45) is 22.7 Å². The predicted molar refractivity (Wildman–Crippen MR) is 257 cm³/mol. The molecule has 23 heteroatoms. The molecule has 0 spiro atoms. The summed E-state index contributed by atoms with van der Waals surface area (Å²) < 4.78 is 17.8. The zero-order valence-corrected chi connectivity index (χ0v) is 40.7. The van der Waals surface area contributed by atoms with Crippen molar-refractivity contribution in [1.82, 2.24) is 55.1 Å². The van der Waals surface area contributed by atoms with E-state index in [9.17, 15) is 24.0 Å². The maximum atomic E-state index is 14.2. The first kappa shape index (κ1) is 50.3. The number of aromatic amines is 1. The largest absolute Gasteiger partial charge is 0.464 e. The molecule has 0 aliphatic carbocycles. The van der Waals surface area contributed by atoms with E-state index in [-0.39, 0.29) is 61.2 Å². The number of hydrogen-bond acceptors (Lipinski definition) is 17. The highest BCUT2D eigenvalue weighted by atomic mass is 17.2. The third-order valence-corrected chi connectivity index (χ3v) is 13.3. The van der Waals surface area contributed by atoms with Crippen LogP contribution in [0.1, 0.15) is 92.7 Å². The van der Waals surface area contributed by atoms with Gasteiger partial charge in [-0.2, -0.15) is 4.89 Å². The number of aliphatic imine (C=N–C) groups is 1. The number of nitrogens with zero attached hydrogens (tertiary/aromatic N) is 10. The van der Waals surface area contributed by atoms with Gasteiger partial charge in [0.2, 0.25) is 18.2 Å². The number of nitrogens with one attached hydrogen (secondary N) is 3. The van der Waals surface area contributed by atoms with Gasteiger partial charge in [-0.25, -0.2) is 23.9 Å². The number of allylic oxidation sites excluding steroid dienone is 1. The first-order valence-corrected chi connectivity index (χ1v) is 23.5. The Balaban J connectivity index is 0.952. The molecule has 3 amide bonds. The van der Waals surface area contributed by atoms with Gasteiger partial charge in [0.1, 0.15) is 30.8 Å². The third-order valence-electron chi connectivity index (χ3n) is 13.3. The summed E-state index contributed by atoms with van der Waals surface area (Å²) in [7, 11) is 2.52. The third kappa shape index (κ3) is 10.9. The fourth-order valence-electron chi connectivity index (χ4n) is 9.39. The molecule has 5 aromatic rings. The van der Waals surface area contributed by atoms with Crippen molar-refractivity contribution in [3.8, 4) is 22.4 Å². The van der Waals surface area contributed by atoms with Gasteiger partial charge in [0.15, 0.2) is 5.69 Å². The molecule has 23 nitrogen and oxygen atoms in total. The van der Waals surface area contributed by atoms with Gasteiger partial charge in [0.25, 0.3) is 6.47 Å². The fraction of sp³-hybridized carbons (Fsp3) is 0.429. The lowest BCUT2D eigenvalue weighted by Crippen LogP contribution is -2.53. The quantitative estimate of drug-likeness (QED) is 0.0133. The lowest BCUT2D eigenvalue weighted by atomic mass is 9.95. The summed E-state index contributed by atoms with van der Waals surface area (Å²) in [6.45, 7) is 8.40. The minimum atomic E-state index is -0.856. The minimum absolute atomic E-state index is 0.0218. The highest BCUT2D eigenvalue weighted by molar-refractivity contribution is 6.04. The van der Waals surface area contributed by atoms with Crippen molar-refractivity contribution >= 4 is 48.0 Å². The molecule has 6 atom stereocenters. The first-order valence-electron chi connectivity index (χ1n) is 23.5. The van der Waals surface area contributed by atoms with Crippen LogP contribution in [0.15, 0.2) is 78.3 Å². The van der Waals surface area contributed by atoms with Crippen LogP contribution in [0.5, 0.6) is 0 Å². The molecule has 2 saturated heterocycles. The van der Waals surface area contributed by atoms with Gasteiger partial charge in [-0.3, -0.25) is 24.8 Å². The van der Waals surface area contributed by atoms with Crippen molar-refractivity contribution in [3.05, 3.63) is 96.1 Å². The van der Waals surface area contributed by atoms with Gasteiger partial charge >= 0.3 is 12.1 Å². The van der Waals surface area contributed by atoms with Crippen LogP contribution in [0.3, 0.4) is 0 Å². The lowest BCUT2D eigenvalue weighted by molar-refractivity contribution is -0.229. The maximum Gasteiger partial charge on any atom is 0.407 e. The molecule has 2 aromatic carbocycles. The Labute approximate surface area is 414 Å². The number of ether oxygens (including phenoxy) is 3. The number of amides is 3. The van der Waals surface area contributed by atoms with Crippen LogP contribution in [0, 0.1) is 23.2 Å². The van der Waals surface area contributed by atoms with Gasteiger partial charge in [0.05, 0.1) is 68.6 Å². The maximum absolute atomic E-state index is 14.2. The predicted octanol–water partition coefficient (Wildman–Crippen LogP) is 5.14. The second kappa shape index (κ2) is 22.3. The van der Waals surface area contributed by atoms with E-state index in [2.05, 4.69) is 43.1 Å². The molecule has 0 radical (unpaired) electrons. The second-order valence-electron chi connectivity index (χ2n) is 18.5. The summed E-state index contributed by atoms with van der Waals surface area (Å²) in [5, 5.41) is 26.4. The fourth-order valence-corrected chi connectivity index (χ4v) is 9.39. The topological polar surface area (TPSA) is 276 Å². The van der Waals surface area contributed by atoms with Gasteiger partial charge in [-0.15, -0.1) is 10.2 Å². The Hall–Kier alpha value is -8.08. The first-order chi connectivity index (χ1) is 34.8. The molecule has 378 valence electrons. The van der Waals surface area contributed by atoms with Gasteiger partial charge in [-0.1, -0.05) is 86.7 Å². The number of aromatic nitrogens is 8. The normalized spacial score (nSPS) is 19.4. The molecule has 3 N–H and O–H groups in total. The van der Waals surface area contributed by atoms with Crippen molar-refractivity contribution in [1.29, 1.82) is 5.41 Å². The van der Waals surface area contributed by atoms with E-state index in [1.54, 1.807) is 31.6 Å². The molecule has 1 unspecified atom stereocenters. The number of imidazole rings is 1. The Morgan fingerprint density at radius 3 is 2.10 bits per heavy atom. The molecule has 0 saturated carbocycles. The van der Waals surface area contributed by atoms with E-state index in [4.69, 9.17) is 39.4 Å². The summed E-state index contributed by atoms with van der Waals surface area (Å²) in [4.78, 5) is 90.2. The number of benzene rings is 2. The van der Waals surface area contributed by atoms with Crippen molar-refractivity contribution in [2.75, 3.05) is 33.9 Å². The number of likely N-dealkylation sites (tertiary alicyclic amines) is 2. The van der Waals surface area contributed by atoms with Crippen LogP contribution >= 0.6 is 0 Å². The number of hydrogen-bond donors (Lipinski definition) is 3. The molecule has 72 heavy (non-hydrogen) atoms. The zero-order valence-electron chi connectivity index (χ0n) is 40.7. The molecule has 0 bridgehead atoms. The van der Waals surface area contributed by atoms with Crippen LogP contribution in [0.25, 0.3) is 28.0 Å². The summed E-state index contributed by atoms with van der Waals surface area (Å²) in [5.74, 6) is -1.37. The number of methoxy groups -OCH3 is 2. The van der Waals surface area contributed by atoms with Crippen molar-refractivity contribution < 1.29 is 48.0 Å². The van der Waals surface area contributed by atoms with E-state index in [0.29, 0.717) is 50.2 Å². The van der Waals surface area contributed by atoms with Crippen molar-refractivity contribution in [2.45, 2.75) is 83.8 Å². The number of rotatable bonds is 20. The van der Waals surface area contributed by atoms with Crippen LogP contribution in [0.4, 0.5) is 4.79 Å². The summed E-state index contributed by atoms with van der Waals surface area (Å²) >= 11 is 0. The van der Waals surface area contributed by atoms with E-state index in [1.807, 2.05) is 70.3 Å². The number of carbonyl (C=O) groups is 5. The van der Waals surface area contributed by atoms with Crippen LogP contribution in [-0.2, 0) is 45.0 Å². The summed E-state index contributed by atoms with van der Waals surface area (Å²) in [5.41, 5.74) is 6.93. The smallest absolute Gasteiger partial charge is 0.407 e. The number of H-pyrrole nitrogens is 1. The average molecular weight is 988 g/mol. The van der Waals surface area contributed by atoms with Crippen LogP contribution in [0.2, 0.25) is 0 Å². The van der Waals surface area contributed by atoms with Crippen molar-refractivity contribution in [3.63, 3.8) is 0 Å². The summed E-state index contributed by atoms with van der Waals surface area (Å²) in [6.07, 6.45) is 8.19. The SMILES string of the molecule is COC(=O)N[C@H](C(=O)N1C[C@H](n2cc(C(=O)OC)nn2)C[C@H]1C1=NC=C(c2ccc(-c3ccc(-c4cnc([C@@H]5C[C@@H](n6cc(COC=O)nn6)CN5C(=O)C(COOC=N)C(C)C)[nH]4)cc3)cc2)C1)C(C)C. The minimum Gasteiger partial charge on any atom is -0.464 e.